The van der Waals surface area contributed by atoms with Gasteiger partial charge in [0.25, 0.3) is 0 Å². The summed E-state index contributed by atoms with van der Waals surface area (Å²) in [7, 11) is 0. The number of aliphatic hydroxyl groups is 23. The van der Waals surface area contributed by atoms with Crippen molar-refractivity contribution in [3.05, 3.63) is 0 Å². The van der Waals surface area contributed by atoms with Gasteiger partial charge in [-0.25, -0.2) is 0 Å². The molecule has 0 unspecified atom stereocenters. The second-order valence-electron chi connectivity index (χ2n) is 19.9. The van der Waals surface area contributed by atoms with Crippen molar-refractivity contribution in [2.75, 3.05) is 52.9 Å². The van der Waals surface area contributed by atoms with E-state index in [0.29, 0.717) is 0 Å². The van der Waals surface area contributed by atoms with Gasteiger partial charge in [0, 0.05) is 0 Å². The van der Waals surface area contributed by atoms with E-state index in [1.165, 1.54) is 0 Å². The number of ether oxygens (including phenoxy) is 13. The van der Waals surface area contributed by atoms with E-state index in [1.807, 2.05) is 0 Å². The van der Waals surface area contributed by atoms with E-state index >= 15 is 0 Å². The maximum absolute atomic E-state index is 10.8. The number of hydrogen-bond donors (Lipinski definition) is 23. The Kier molecular flexibility index (Phi) is 22.3. The molecule has 0 spiro atoms. The largest absolute Gasteiger partial charge is 0.394 e. The highest BCUT2D eigenvalue weighted by Gasteiger charge is 2.54. The third-order valence-corrected chi connectivity index (χ3v) is 14.4. The maximum Gasteiger partial charge on any atom is 0.216 e. The van der Waals surface area contributed by atoms with E-state index in [0.717, 1.165) is 0 Å². The van der Waals surface area contributed by atoms with Gasteiger partial charge in [-0.1, -0.05) is 0 Å². The fourth-order valence-corrected chi connectivity index (χ4v) is 9.34. The van der Waals surface area contributed by atoms with Gasteiger partial charge < -0.3 is 179 Å². The summed E-state index contributed by atoms with van der Waals surface area (Å²) in [5.74, 6) is -2.79. The molecule has 0 aromatic carbocycles. The lowest BCUT2D eigenvalue weighted by Gasteiger charge is -2.45. The summed E-state index contributed by atoms with van der Waals surface area (Å²) in [5.41, 5.74) is 0. The number of hydrogen-bond acceptors (Lipinski definition) is 36. The van der Waals surface area contributed by atoms with Crippen LogP contribution in [0.3, 0.4) is 0 Å². The zero-order valence-electron chi connectivity index (χ0n) is 40.8. The molecular weight excluding hydrogens is 1080 g/mol. The summed E-state index contributed by atoms with van der Waals surface area (Å²) < 4.78 is 71.1. The van der Waals surface area contributed by atoms with Crippen LogP contribution < -0.4 is 0 Å². The summed E-state index contributed by atoms with van der Waals surface area (Å²) in [6.07, 6.45) is -60.8. The lowest BCUT2D eigenvalue weighted by Crippen LogP contribution is -2.64. The Labute approximate surface area is 439 Å². The van der Waals surface area contributed by atoms with Gasteiger partial charge in [-0.2, -0.15) is 0 Å². The smallest absolute Gasteiger partial charge is 0.216 e. The predicted octanol–water partition coefficient (Wildman–Crippen LogP) is -16.3. The average Bonchev–Trinajstić information content (AvgIpc) is 3.42. The molecule has 7 aliphatic rings. The highest BCUT2D eigenvalue weighted by atomic mass is 16.8. The first kappa shape index (κ1) is 64.1. The van der Waals surface area contributed by atoms with Crippen LogP contribution in [0.25, 0.3) is 0 Å². The van der Waals surface area contributed by atoms with E-state index in [1.54, 1.807) is 0 Å². The van der Waals surface area contributed by atoms with Crippen LogP contribution in [0.1, 0.15) is 0 Å². The first-order chi connectivity index (χ1) is 36.7. The van der Waals surface area contributed by atoms with Gasteiger partial charge in [0.05, 0.1) is 46.2 Å². The molecule has 36 heteroatoms. The molecule has 7 fully saturated rings. The van der Waals surface area contributed by atoms with Crippen LogP contribution in [0.2, 0.25) is 0 Å². The molecule has 0 amide bonds. The molecule has 7 heterocycles. The minimum Gasteiger partial charge on any atom is -0.394 e. The van der Waals surface area contributed by atoms with Crippen LogP contribution >= 0.6 is 0 Å². The summed E-state index contributed by atoms with van der Waals surface area (Å²) in [5, 5.41) is 240. The number of aliphatic hydroxyl groups excluding tert-OH is 21. The van der Waals surface area contributed by atoms with Crippen LogP contribution in [0, 0.1) is 0 Å². The summed E-state index contributed by atoms with van der Waals surface area (Å²) in [4.78, 5) is 0. The fourth-order valence-electron chi connectivity index (χ4n) is 9.34. The zero-order chi connectivity index (χ0) is 57.4. The summed E-state index contributed by atoms with van der Waals surface area (Å²) in [6.45, 7) is -6.26. The van der Waals surface area contributed by atoms with Crippen molar-refractivity contribution in [1.82, 2.24) is 0 Å². The average molecular weight is 1150 g/mol. The summed E-state index contributed by atoms with van der Waals surface area (Å²) >= 11 is 0. The molecular formula is C42H72O36. The third-order valence-electron chi connectivity index (χ3n) is 14.4. The minimum absolute atomic E-state index is 0.661. The molecule has 7 rings (SSSR count). The van der Waals surface area contributed by atoms with Crippen molar-refractivity contribution in [3.8, 4) is 0 Å². The number of rotatable bonds is 19. The first-order valence-corrected chi connectivity index (χ1v) is 24.6. The van der Waals surface area contributed by atoms with Crippen molar-refractivity contribution in [2.24, 2.45) is 0 Å². The van der Waals surface area contributed by atoms with Crippen molar-refractivity contribution < 1.29 is 179 Å². The van der Waals surface area contributed by atoms with Crippen molar-refractivity contribution >= 4 is 0 Å². The van der Waals surface area contributed by atoms with Crippen LogP contribution in [-0.2, 0) is 61.6 Å². The Balaban J connectivity index is 0.898. The Morgan fingerprint density at radius 1 is 0.269 bits per heavy atom. The van der Waals surface area contributed by atoms with Crippen molar-refractivity contribution in [2.45, 2.75) is 208 Å². The molecule has 7 aliphatic heterocycles. The van der Waals surface area contributed by atoms with Gasteiger partial charge in [0.1, 0.15) is 171 Å². The van der Waals surface area contributed by atoms with Gasteiger partial charge in [0.2, 0.25) is 5.79 Å². The second kappa shape index (κ2) is 27.1. The lowest BCUT2D eigenvalue weighted by molar-refractivity contribution is -0.353. The lowest BCUT2D eigenvalue weighted by atomic mass is 9.97. The van der Waals surface area contributed by atoms with Crippen LogP contribution in [-0.4, -0.2) is 379 Å². The molecule has 33 atom stereocenters. The van der Waals surface area contributed by atoms with Gasteiger partial charge >= 0.3 is 0 Å². The SMILES string of the molecule is OC[C@H]1O[C@H](OC[C@H]2O[C@H](OC[C@H]3O[C@H](OC[C@H]4O[C@H](OC[C@H]5O[C@H](OC[C@H]6O[C@H](OC[C@H]7OCC(O)(O)[C@@H](O)[C@@H]7O)[C@H](O)[C@@H](O)[C@@H]6O)[C@H](O)[C@@H](O)[C@@H]5O)[C@H](O)[C@@H](O)[C@@H]4O)[C@H](O)[C@@H](O)[C@@H]3O)[C@H](O)[C@@H](O)[C@@H]2O)[C@H](O)[C@@H](O)[C@@H]1O. The van der Waals surface area contributed by atoms with Gasteiger partial charge in [-0.3, -0.25) is 0 Å². The third kappa shape index (κ3) is 13.9. The molecule has 0 aromatic rings. The van der Waals surface area contributed by atoms with E-state index in [4.69, 9.17) is 61.6 Å². The monoisotopic (exact) mass is 1150 g/mol. The predicted molar refractivity (Wildman–Crippen MR) is 232 cm³/mol. The minimum atomic E-state index is -2.79. The molecule has 78 heavy (non-hydrogen) atoms. The first-order valence-electron chi connectivity index (χ1n) is 24.6. The standard InChI is InChI=1S/C42H72O36/c43-1-9-16(44)23(51)29(57)36(73-9)67-3-11-17(45)25(53)31(59)38(75-11)69-5-13-19(47)27(55)33(61)40(77-13)71-7-15-21(49)28(56)34(62)41(78-15)70-6-14-20(48)26(54)32(60)39(76-14)68-4-12-18(46)24(52)30(58)37(74-12)66-2-10-22(50)35(63)42(64,65)8-72-10/h9-41,43-65H,1-8H2/t9-,10-,11-,12-,13-,14-,15-,16-,17-,18-,19-,20-,21-,22-,23+,24+,25+,26+,27+,28+,29-,30-,31-,32-,33-,34-,35+,36+,37+,38+,39+,40+,41+/m1/s1. The maximum atomic E-state index is 10.8. The quantitative estimate of drug-likeness (QED) is 0.0534. The van der Waals surface area contributed by atoms with E-state index < -0.39 is 261 Å². The van der Waals surface area contributed by atoms with E-state index in [9.17, 15) is 117 Å². The zero-order valence-corrected chi connectivity index (χ0v) is 40.8. The molecule has 0 saturated carbocycles. The van der Waals surface area contributed by atoms with Crippen molar-refractivity contribution in [3.63, 3.8) is 0 Å². The highest BCUT2D eigenvalue weighted by molar-refractivity contribution is 4.97. The Morgan fingerprint density at radius 2 is 0.474 bits per heavy atom. The normalized spacial score (nSPS) is 52.3. The molecule has 7 saturated heterocycles. The van der Waals surface area contributed by atoms with Gasteiger partial charge in [-0.05, 0) is 0 Å². The fraction of sp³-hybridized carbons (Fsp3) is 1.00. The van der Waals surface area contributed by atoms with Gasteiger partial charge in [-0.15, -0.1) is 0 Å². The van der Waals surface area contributed by atoms with Crippen LogP contribution in [0.15, 0.2) is 0 Å². The molecule has 36 nitrogen and oxygen atoms in total. The molecule has 0 aliphatic carbocycles. The molecule has 0 bridgehead atoms. The molecule has 0 aromatic heterocycles. The van der Waals surface area contributed by atoms with Gasteiger partial charge in [0.15, 0.2) is 37.7 Å². The van der Waals surface area contributed by atoms with E-state index in [-0.39, 0.29) is 0 Å². The van der Waals surface area contributed by atoms with E-state index in [2.05, 4.69) is 0 Å². The topological polar surface area (TPSA) is 585 Å². The molecule has 23 N–H and O–H groups in total. The van der Waals surface area contributed by atoms with Crippen LogP contribution in [0.4, 0.5) is 0 Å². The Bertz CT molecular complexity index is 1830. The summed E-state index contributed by atoms with van der Waals surface area (Å²) in [6, 6.07) is 0. The van der Waals surface area contributed by atoms with Crippen molar-refractivity contribution in [1.29, 1.82) is 0 Å². The van der Waals surface area contributed by atoms with Crippen LogP contribution in [0.5, 0.6) is 0 Å². The molecule has 456 valence electrons. The Hall–Kier alpha value is -1.44. The highest BCUT2D eigenvalue weighted by Crippen LogP contribution is 2.32. The second-order valence-corrected chi connectivity index (χ2v) is 19.9. The molecule has 0 radical (unpaired) electrons. The Morgan fingerprint density at radius 3 is 0.705 bits per heavy atom.